The van der Waals surface area contributed by atoms with Crippen molar-refractivity contribution in [2.45, 2.75) is 50.7 Å². The van der Waals surface area contributed by atoms with Gasteiger partial charge in [0, 0.05) is 25.2 Å². The third kappa shape index (κ3) is 4.04. The zero-order valence-corrected chi connectivity index (χ0v) is 16.8. The highest BCUT2D eigenvalue weighted by molar-refractivity contribution is 5.98. The van der Waals surface area contributed by atoms with E-state index in [4.69, 9.17) is 0 Å². The molecule has 3 atom stereocenters. The summed E-state index contributed by atoms with van der Waals surface area (Å²) in [5.41, 5.74) is 1.51. The Bertz CT molecular complexity index is 868. The van der Waals surface area contributed by atoms with Gasteiger partial charge < -0.3 is 9.80 Å². The standard InChI is InChI=1S/C24H27FN2O2/c1-26(16-17-11-13-20(25)14-12-17)24(29)22-15-19-9-5-6-10-21(19)27(22)23(28)18-7-3-2-4-8-18/h2-4,7-8,11-14,19,21-22H,5-6,9-10,15-16H2,1H3. The maximum absolute atomic E-state index is 13.4. The first-order chi connectivity index (χ1) is 14.0. The number of amides is 2. The molecule has 2 aliphatic rings. The van der Waals surface area contributed by atoms with Crippen molar-refractivity contribution in [1.29, 1.82) is 0 Å². The Morgan fingerprint density at radius 3 is 2.45 bits per heavy atom. The van der Waals surface area contributed by atoms with E-state index in [9.17, 15) is 14.0 Å². The number of carbonyl (C=O) groups excluding carboxylic acids is 2. The normalized spacial score (nSPS) is 23.5. The molecule has 3 unspecified atom stereocenters. The van der Waals surface area contributed by atoms with E-state index in [0.717, 1.165) is 31.2 Å². The van der Waals surface area contributed by atoms with Crippen LogP contribution in [-0.2, 0) is 11.3 Å². The van der Waals surface area contributed by atoms with Gasteiger partial charge in [-0.05, 0) is 55.0 Å². The van der Waals surface area contributed by atoms with Crippen molar-refractivity contribution >= 4 is 11.8 Å². The summed E-state index contributed by atoms with van der Waals surface area (Å²) in [5.74, 6) is 0.0216. The first-order valence-corrected chi connectivity index (χ1v) is 10.4. The molecule has 0 radical (unpaired) electrons. The maximum atomic E-state index is 13.4. The van der Waals surface area contributed by atoms with Crippen LogP contribution in [-0.4, -0.2) is 40.7 Å². The smallest absolute Gasteiger partial charge is 0.254 e. The summed E-state index contributed by atoms with van der Waals surface area (Å²) in [5, 5.41) is 0. The van der Waals surface area contributed by atoms with E-state index in [-0.39, 0.29) is 23.7 Å². The quantitative estimate of drug-likeness (QED) is 0.778. The number of fused-ring (bicyclic) bond motifs is 1. The third-order valence-electron chi connectivity index (χ3n) is 6.34. The number of halogens is 1. The molecular weight excluding hydrogens is 367 g/mol. The van der Waals surface area contributed by atoms with Crippen LogP contribution in [0.3, 0.4) is 0 Å². The Morgan fingerprint density at radius 2 is 1.72 bits per heavy atom. The molecule has 2 amide bonds. The third-order valence-corrected chi connectivity index (χ3v) is 6.34. The van der Waals surface area contributed by atoms with Crippen LogP contribution < -0.4 is 0 Å². The van der Waals surface area contributed by atoms with E-state index in [1.165, 1.54) is 18.6 Å². The zero-order chi connectivity index (χ0) is 20.4. The van der Waals surface area contributed by atoms with Crippen LogP contribution in [0.5, 0.6) is 0 Å². The number of likely N-dealkylation sites (N-methyl/N-ethyl adjacent to an activating group) is 1. The fourth-order valence-electron chi connectivity index (χ4n) is 4.90. The number of carbonyl (C=O) groups is 2. The average Bonchev–Trinajstić information content (AvgIpc) is 3.14. The van der Waals surface area contributed by atoms with Crippen molar-refractivity contribution in [3.63, 3.8) is 0 Å². The van der Waals surface area contributed by atoms with E-state index < -0.39 is 6.04 Å². The molecule has 0 N–H and O–H groups in total. The topological polar surface area (TPSA) is 40.6 Å². The minimum Gasteiger partial charge on any atom is -0.340 e. The summed E-state index contributed by atoms with van der Waals surface area (Å²) in [6.45, 7) is 0.401. The molecule has 1 saturated heterocycles. The maximum Gasteiger partial charge on any atom is 0.254 e. The van der Waals surface area contributed by atoms with Gasteiger partial charge >= 0.3 is 0 Å². The highest BCUT2D eigenvalue weighted by Gasteiger charge is 2.48. The highest BCUT2D eigenvalue weighted by Crippen LogP contribution is 2.41. The van der Waals surface area contributed by atoms with Crippen molar-refractivity contribution in [2.24, 2.45) is 5.92 Å². The fourth-order valence-corrected chi connectivity index (χ4v) is 4.90. The lowest BCUT2D eigenvalue weighted by atomic mass is 9.84. The average molecular weight is 394 g/mol. The van der Waals surface area contributed by atoms with Gasteiger partial charge in [-0.2, -0.15) is 0 Å². The van der Waals surface area contributed by atoms with Gasteiger partial charge in [0.2, 0.25) is 5.91 Å². The molecule has 4 nitrogen and oxygen atoms in total. The molecule has 2 aromatic rings. The molecule has 0 aromatic heterocycles. The number of hydrogen-bond acceptors (Lipinski definition) is 2. The van der Waals surface area contributed by atoms with E-state index in [2.05, 4.69) is 0 Å². The Balaban J connectivity index is 1.56. The molecule has 0 spiro atoms. The van der Waals surface area contributed by atoms with Crippen LogP contribution >= 0.6 is 0 Å². The monoisotopic (exact) mass is 394 g/mol. The summed E-state index contributed by atoms with van der Waals surface area (Å²) in [4.78, 5) is 30.2. The summed E-state index contributed by atoms with van der Waals surface area (Å²) >= 11 is 0. The molecule has 152 valence electrons. The first-order valence-electron chi connectivity index (χ1n) is 10.4. The zero-order valence-electron chi connectivity index (χ0n) is 16.8. The lowest BCUT2D eigenvalue weighted by Crippen LogP contribution is -2.49. The second-order valence-corrected chi connectivity index (χ2v) is 8.26. The van der Waals surface area contributed by atoms with Crippen LogP contribution in [0.25, 0.3) is 0 Å². The number of nitrogens with zero attached hydrogens (tertiary/aromatic N) is 2. The summed E-state index contributed by atoms with van der Waals surface area (Å²) in [6, 6.07) is 15.2. The fraction of sp³-hybridized carbons (Fsp3) is 0.417. The lowest BCUT2D eigenvalue weighted by molar-refractivity contribution is -0.134. The summed E-state index contributed by atoms with van der Waals surface area (Å²) in [7, 11) is 1.76. The molecule has 4 rings (SSSR count). The molecule has 0 bridgehead atoms. The molecular formula is C24H27FN2O2. The van der Waals surface area contributed by atoms with Gasteiger partial charge in [-0.1, -0.05) is 43.2 Å². The lowest BCUT2D eigenvalue weighted by Gasteiger charge is -2.34. The molecule has 1 aliphatic heterocycles. The highest BCUT2D eigenvalue weighted by atomic mass is 19.1. The van der Waals surface area contributed by atoms with Gasteiger partial charge in [0.25, 0.3) is 5.91 Å². The van der Waals surface area contributed by atoms with Crippen molar-refractivity contribution in [2.75, 3.05) is 7.05 Å². The van der Waals surface area contributed by atoms with Gasteiger partial charge in [0.05, 0.1) is 0 Å². The molecule has 1 heterocycles. The van der Waals surface area contributed by atoms with E-state index in [1.807, 2.05) is 35.2 Å². The van der Waals surface area contributed by atoms with Crippen LogP contribution in [0.4, 0.5) is 4.39 Å². The predicted octanol–water partition coefficient (Wildman–Crippen LogP) is 4.26. The van der Waals surface area contributed by atoms with Crippen molar-refractivity contribution in [1.82, 2.24) is 9.80 Å². The van der Waals surface area contributed by atoms with Crippen LogP contribution in [0.1, 0.15) is 48.0 Å². The Morgan fingerprint density at radius 1 is 1.03 bits per heavy atom. The summed E-state index contributed by atoms with van der Waals surface area (Å²) < 4.78 is 13.2. The number of hydrogen-bond donors (Lipinski definition) is 0. The Kier molecular flexibility index (Phi) is 5.65. The van der Waals surface area contributed by atoms with Gasteiger partial charge in [-0.3, -0.25) is 9.59 Å². The van der Waals surface area contributed by atoms with E-state index in [1.54, 1.807) is 24.1 Å². The molecule has 1 saturated carbocycles. The Hall–Kier alpha value is -2.69. The second-order valence-electron chi connectivity index (χ2n) is 8.26. The van der Waals surface area contributed by atoms with Crippen molar-refractivity contribution in [3.05, 3.63) is 71.5 Å². The van der Waals surface area contributed by atoms with E-state index >= 15 is 0 Å². The predicted molar refractivity (Wildman–Crippen MR) is 110 cm³/mol. The summed E-state index contributed by atoms with van der Waals surface area (Å²) in [6.07, 6.45) is 5.05. The number of rotatable bonds is 4. The van der Waals surface area contributed by atoms with Gasteiger partial charge in [0.15, 0.2) is 0 Å². The van der Waals surface area contributed by atoms with Gasteiger partial charge in [-0.15, -0.1) is 0 Å². The minimum atomic E-state index is -0.429. The molecule has 5 heteroatoms. The molecule has 29 heavy (non-hydrogen) atoms. The van der Waals surface area contributed by atoms with Crippen LogP contribution in [0.15, 0.2) is 54.6 Å². The van der Waals surface area contributed by atoms with Crippen LogP contribution in [0.2, 0.25) is 0 Å². The van der Waals surface area contributed by atoms with Gasteiger partial charge in [0.1, 0.15) is 11.9 Å². The largest absolute Gasteiger partial charge is 0.340 e. The van der Waals surface area contributed by atoms with Crippen LogP contribution in [0, 0.1) is 11.7 Å². The number of benzene rings is 2. The van der Waals surface area contributed by atoms with E-state index in [0.29, 0.717) is 18.0 Å². The molecule has 1 aliphatic carbocycles. The number of likely N-dealkylation sites (tertiary alicyclic amines) is 1. The Labute approximate surface area is 171 Å². The molecule has 2 aromatic carbocycles. The van der Waals surface area contributed by atoms with Crippen molar-refractivity contribution in [3.8, 4) is 0 Å². The minimum absolute atomic E-state index is 0.0343. The SMILES string of the molecule is CN(Cc1ccc(F)cc1)C(=O)C1CC2CCCCC2N1C(=O)c1ccccc1. The van der Waals surface area contributed by atoms with Gasteiger partial charge in [-0.25, -0.2) is 4.39 Å². The molecule has 2 fully saturated rings. The van der Waals surface area contributed by atoms with Crippen molar-refractivity contribution < 1.29 is 14.0 Å². The first kappa shape index (κ1) is 19.6. The second kappa shape index (κ2) is 8.36.